The Balaban J connectivity index is 2.05. The Labute approximate surface area is 104 Å². The molecule has 1 aliphatic rings. The number of pyridine rings is 1. The van der Waals surface area contributed by atoms with Crippen LogP contribution in [0.1, 0.15) is 25.7 Å². The lowest BCUT2D eigenvalue weighted by atomic mass is 9.85. The number of rotatable bonds is 3. The lowest BCUT2D eigenvalue weighted by molar-refractivity contribution is 0.178. The van der Waals surface area contributed by atoms with E-state index in [4.69, 9.17) is 0 Å². The summed E-state index contributed by atoms with van der Waals surface area (Å²) >= 11 is 3.48. The van der Waals surface area contributed by atoms with Crippen LogP contribution in [0.4, 0.5) is 5.82 Å². The molecule has 2 rings (SSSR count). The van der Waals surface area contributed by atoms with Gasteiger partial charge in [-0.2, -0.15) is 0 Å². The average Bonchev–Trinajstić information content (AvgIpc) is 2.33. The van der Waals surface area contributed by atoms with Crippen molar-refractivity contribution in [3.05, 3.63) is 22.8 Å². The van der Waals surface area contributed by atoms with Crippen LogP contribution >= 0.6 is 15.9 Å². The van der Waals surface area contributed by atoms with Gasteiger partial charge in [-0.1, -0.05) is 12.8 Å². The summed E-state index contributed by atoms with van der Waals surface area (Å²) in [5, 5.41) is 12.8. The van der Waals surface area contributed by atoms with E-state index in [-0.39, 0.29) is 6.61 Å². The van der Waals surface area contributed by atoms with Crippen molar-refractivity contribution in [2.24, 2.45) is 5.92 Å². The molecule has 2 atom stereocenters. The highest BCUT2D eigenvalue weighted by molar-refractivity contribution is 9.10. The molecule has 0 amide bonds. The summed E-state index contributed by atoms with van der Waals surface area (Å²) in [7, 11) is 0. The fourth-order valence-corrected chi connectivity index (χ4v) is 2.65. The lowest BCUT2D eigenvalue weighted by Crippen LogP contribution is -2.34. The summed E-state index contributed by atoms with van der Waals surface area (Å²) in [6.07, 6.45) is 6.47. The molecular weight excluding hydrogens is 268 g/mol. The molecule has 1 aromatic heterocycles. The normalized spacial score (nSPS) is 25.4. The molecule has 1 aromatic rings. The van der Waals surface area contributed by atoms with Gasteiger partial charge < -0.3 is 10.4 Å². The predicted octanol–water partition coefficient (Wildman–Crippen LogP) is 2.81. The molecule has 4 heteroatoms. The number of aliphatic hydroxyl groups is 1. The van der Waals surface area contributed by atoms with Crippen LogP contribution in [-0.2, 0) is 0 Å². The van der Waals surface area contributed by atoms with Crippen LogP contribution in [0.15, 0.2) is 22.8 Å². The SMILES string of the molecule is OCC1CCCCC1Nc1ncccc1Br. The van der Waals surface area contributed by atoms with Crippen LogP contribution in [-0.4, -0.2) is 22.7 Å². The monoisotopic (exact) mass is 284 g/mol. The second-order valence-electron chi connectivity index (χ2n) is 4.31. The van der Waals surface area contributed by atoms with Gasteiger partial charge in [-0.05, 0) is 40.9 Å². The number of hydrogen-bond donors (Lipinski definition) is 2. The first-order valence-corrected chi connectivity index (χ1v) is 6.58. The average molecular weight is 285 g/mol. The third-order valence-corrected chi connectivity index (χ3v) is 3.86. The van der Waals surface area contributed by atoms with E-state index in [0.717, 1.165) is 23.1 Å². The second kappa shape index (κ2) is 5.64. The van der Waals surface area contributed by atoms with Crippen LogP contribution in [0, 0.1) is 5.92 Å². The van der Waals surface area contributed by atoms with Gasteiger partial charge in [-0.3, -0.25) is 0 Å². The maximum absolute atomic E-state index is 9.34. The highest BCUT2D eigenvalue weighted by Crippen LogP contribution is 2.28. The Morgan fingerprint density at radius 3 is 3.00 bits per heavy atom. The van der Waals surface area contributed by atoms with Gasteiger partial charge in [0.05, 0.1) is 4.47 Å². The number of halogens is 1. The number of anilines is 1. The van der Waals surface area contributed by atoms with Crippen molar-refractivity contribution in [3.8, 4) is 0 Å². The first-order valence-electron chi connectivity index (χ1n) is 5.79. The van der Waals surface area contributed by atoms with Gasteiger partial charge in [0.1, 0.15) is 5.82 Å². The van der Waals surface area contributed by atoms with E-state index in [1.165, 1.54) is 12.8 Å². The lowest BCUT2D eigenvalue weighted by Gasteiger charge is -2.31. The predicted molar refractivity (Wildman–Crippen MR) is 68.4 cm³/mol. The van der Waals surface area contributed by atoms with Gasteiger partial charge in [0, 0.05) is 24.8 Å². The fraction of sp³-hybridized carbons (Fsp3) is 0.583. The third kappa shape index (κ3) is 2.74. The van der Waals surface area contributed by atoms with Gasteiger partial charge in [-0.15, -0.1) is 0 Å². The number of hydrogen-bond acceptors (Lipinski definition) is 3. The zero-order valence-corrected chi connectivity index (χ0v) is 10.8. The minimum Gasteiger partial charge on any atom is -0.396 e. The van der Waals surface area contributed by atoms with Crippen LogP contribution in [0.5, 0.6) is 0 Å². The summed E-state index contributed by atoms with van der Waals surface area (Å²) in [4.78, 5) is 4.30. The third-order valence-electron chi connectivity index (χ3n) is 3.22. The molecule has 0 bridgehead atoms. The molecule has 1 saturated carbocycles. The number of nitrogens with one attached hydrogen (secondary N) is 1. The number of aromatic nitrogens is 1. The second-order valence-corrected chi connectivity index (χ2v) is 5.17. The standard InChI is InChI=1S/C12H17BrN2O/c13-10-5-3-7-14-12(10)15-11-6-2-1-4-9(11)8-16/h3,5,7,9,11,16H,1-2,4,6,8H2,(H,14,15). The largest absolute Gasteiger partial charge is 0.396 e. The Kier molecular flexibility index (Phi) is 4.18. The fourth-order valence-electron chi connectivity index (χ4n) is 2.28. The van der Waals surface area contributed by atoms with Crippen molar-refractivity contribution in [2.45, 2.75) is 31.7 Å². The first kappa shape index (κ1) is 11.9. The van der Waals surface area contributed by atoms with Crippen LogP contribution in [0.2, 0.25) is 0 Å². The van der Waals surface area contributed by atoms with Crippen molar-refractivity contribution in [1.82, 2.24) is 4.98 Å². The Bertz CT molecular complexity index is 346. The van der Waals surface area contributed by atoms with Gasteiger partial charge >= 0.3 is 0 Å². The quantitative estimate of drug-likeness (QED) is 0.897. The minimum absolute atomic E-state index is 0.266. The Morgan fingerprint density at radius 2 is 2.25 bits per heavy atom. The highest BCUT2D eigenvalue weighted by atomic mass is 79.9. The summed E-state index contributed by atoms with van der Waals surface area (Å²) in [6.45, 7) is 0.266. The van der Waals surface area contributed by atoms with E-state index in [0.29, 0.717) is 12.0 Å². The molecule has 88 valence electrons. The zero-order chi connectivity index (χ0) is 11.4. The summed E-state index contributed by atoms with van der Waals surface area (Å²) in [5.74, 6) is 1.25. The number of aliphatic hydroxyl groups excluding tert-OH is 1. The summed E-state index contributed by atoms with van der Waals surface area (Å²) < 4.78 is 0.984. The topological polar surface area (TPSA) is 45.1 Å². The van der Waals surface area contributed by atoms with Crippen LogP contribution < -0.4 is 5.32 Å². The molecule has 1 heterocycles. The van der Waals surface area contributed by atoms with Gasteiger partial charge in [0.25, 0.3) is 0 Å². The van der Waals surface area contributed by atoms with Crippen LogP contribution in [0.3, 0.4) is 0 Å². The van der Waals surface area contributed by atoms with Gasteiger partial charge in [-0.25, -0.2) is 4.98 Å². The smallest absolute Gasteiger partial charge is 0.140 e. The molecule has 3 nitrogen and oxygen atoms in total. The molecule has 1 fully saturated rings. The molecule has 0 saturated heterocycles. The van der Waals surface area contributed by atoms with Crippen molar-refractivity contribution in [3.63, 3.8) is 0 Å². The van der Waals surface area contributed by atoms with E-state index in [1.54, 1.807) is 6.20 Å². The van der Waals surface area contributed by atoms with Crippen molar-refractivity contribution in [1.29, 1.82) is 0 Å². The van der Waals surface area contributed by atoms with E-state index >= 15 is 0 Å². The number of nitrogens with zero attached hydrogens (tertiary/aromatic N) is 1. The Morgan fingerprint density at radius 1 is 1.44 bits per heavy atom. The highest BCUT2D eigenvalue weighted by Gasteiger charge is 2.24. The molecule has 2 unspecified atom stereocenters. The van der Waals surface area contributed by atoms with Crippen molar-refractivity contribution < 1.29 is 5.11 Å². The van der Waals surface area contributed by atoms with E-state index < -0.39 is 0 Å². The zero-order valence-electron chi connectivity index (χ0n) is 9.19. The van der Waals surface area contributed by atoms with Crippen LogP contribution in [0.25, 0.3) is 0 Å². The minimum atomic E-state index is 0.266. The maximum atomic E-state index is 9.34. The molecule has 0 spiro atoms. The van der Waals surface area contributed by atoms with E-state index in [2.05, 4.69) is 26.2 Å². The van der Waals surface area contributed by atoms with Crippen molar-refractivity contribution >= 4 is 21.7 Å². The first-order chi connectivity index (χ1) is 7.81. The molecule has 16 heavy (non-hydrogen) atoms. The summed E-state index contributed by atoms with van der Waals surface area (Å²) in [6, 6.07) is 4.23. The molecule has 0 radical (unpaired) electrons. The molecule has 0 aromatic carbocycles. The molecular formula is C12H17BrN2O. The van der Waals surface area contributed by atoms with Gasteiger partial charge in [0.2, 0.25) is 0 Å². The Hall–Kier alpha value is -0.610. The van der Waals surface area contributed by atoms with Crippen molar-refractivity contribution in [2.75, 3.05) is 11.9 Å². The maximum Gasteiger partial charge on any atom is 0.140 e. The van der Waals surface area contributed by atoms with E-state index in [9.17, 15) is 5.11 Å². The van der Waals surface area contributed by atoms with Gasteiger partial charge in [0.15, 0.2) is 0 Å². The summed E-state index contributed by atoms with van der Waals surface area (Å²) in [5.41, 5.74) is 0. The molecule has 2 N–H and O–H groups in total. The molecule has 1 aliphatic carbocycles. The molecule has 0 aliphatic heterocycles. The van der Waals surface area contributed by atoms with E-state index in [1.807, 2.05) is 12.1 Å².